The maximum atomic E-state index is 12.6. The van der Waals surface area contributed by atoms with Gasteiger partial charge in [-0.25, -0.2) is 15.0 Å². The van der Waals surface area contributed by atoms with Crippen molar-refractivity contribution in [1.82, 2.24) is 19.9 Å². The van der Waals surface area contributed by atoms with Crippen molar-refractivity contribution in [3.05, 3.63) is 84.4 Å². The van der Waals surface area contributed by atoms with Crippen molar-refractivity contribution >= 4 is 22.4 Å². The minimum Gasteiger partial charge on any atom is -0.487 e. The van der Waals surface area contributed by atoms with Crippen LogP contribution < -0.4 is 9.47 Å². The Morgan fingerprint density at radius 2 is 1.82 bits per heavy atom. The average molecular weight is 477 g/mol. The van der Waals surface area contributed by atoms with Crippen molar-refractivity contribution < 1.29 is 18.3 Å². The molecule has 0 saturated heterocycles. The average Bonchev–Trinajstić information content (AvgIpc) is 3.33. The molecule has 5 rings (SSSR count). The lowest BCUT2D eigenvalue weighted by Gasteiger charge is -2.08. The van der Waals surface area contributed by atoms with Crippen LogP contribution in [0.5, 0.6) is 11.6 Å². The summed E-state index contributed by atoms with van der Waals surface area (Å²) < 4.78 is 35.4. The molecular formula is C25H18F2N4O2S. The molecule has 0 N–H and O–H groups in total. The van der Waals surface area contributed by atoms with Crippen molar-refractivity contribution in [2.24, 2.45) is 0 Å². The molecule has 0 bridgehead atoms. The van der Waals surface area contributed by atoms with Gasteiger partial charge in [-0.1, -0.05) is 30.3 Å². The van der Waals surface area contributed by atoms with Crippen LogP contribution in [0.2, 0.25) is 0 Å². The van der Waals surface area contributed by atoms with Gasteiger partial charge in [0, 0.05) is 23.5 Å². The van der Waals surface area contributed by atoms with Crippen molar-refractivity contribution in [1.29, 1.82) is 0 Å². The molecule has 0 fully saturated rings. The minimum absolute atomic E-state index is 0.225. The fourth-order valence-corrected chi connectivity index (χ4v) is 4.38. The number of fused-ring (bicyclic) bond motifs is 1. The lowest BCUT2D eigenvalue weighted by molar-refractivity contribution is -0.0528. The number of halogens is 2. The molecule has 0 aliphatic carbocycles. The summed E-state index contributed by atoms with van der Waals surface area (Å²) in [4.78, 5) is 18.3. The van der Waals surface area contributed by atoms with Gasteiger partial charge in [-0.15, -0.1) is 11.3 Å². The smallest absolute Gasteiger partial charge is 0.388 e. The second-order valence-corrected chi connectivity index (χ2v) is 8.51. The molecule has 0 unspecified atom stereocenters. The third kappa shape index (κ3) is 4.84. The fourth-order valence-electron chi connectivity index (χ4n) is 3.46. The molecule has 5 aromatic rings. The standard InChI is InChI=1S/C25H18F2N4O2S/c1-15-7-19(23-20(8-15)31-22(13-29-23)33-25(26)27)24-30-12-21(34-24)17-9-18(11-28-10-17)32-14-16-5-3-2-4-6-16/h2-13,25H,14H2,1H3. The third-order valence-electron chi connectivity index (χ3n) is 4.96. The molecule has 0 aliphatic rings. The maximum absolute atomic E-state index is 12.6. The normalized spacial score (nSPS) is 11.2. The molecule has 9 heteroatoms. The third-order valence-corrected chi connectivity index (χ3v) is 6.04. The van der Waals surface area contributed by atoms with E-state index < -0.39 is 6.61 Å². The second-order valence-electron chi connectivity index (χ2n) is 7.48. The van der Waals surface area contributed by atoms with Crippen LogP contribution in [0.3, 0.4) is 0 Å². The van der Waals surface area contributed by atoms with Gasteiger partial charge in [0.1, 0.15) is 17.4 Å². The van der Waals surface area contributed by atoms with Crippen LogP contribution in [0.25, 0.3) is 32.0 Å². The molecule has 0 saturated carbocycles. The highest BCUT2D eigenvalue weighted by molar-refractivity contribution is 7.18. The van der Waals surface area contributed by atoms with E-state index in [1.807, 2.05) is 49.4 Å². The summed E-state index contributed by atoms with van der Waals surface area (Å²) in [7, 11) is 0. The van der Waals surface area contributed by atoms with E-state index in [0.717, 1.165) is 32.1 Å². The number of alkyl halides is 2. The molecule has 34 heavy (non-hydrogen) atoms. The highest BCUT2D eigenvalue weighted by Gasteiger charge is 2.15. The van der Waals surface area contributed by atoms with E-state index in [0.29, 0.717) is 23.4 Å². The van der Waals surface area contributed by atoms with Gasteiger partial charge in [0.05, 0.1) is 28.3 Å². The lowest BCUT2D eigenvalue weighted by atomic mass is 10.1. The van der Waals surface area contributed by atoms with E-state index in [1.54, 1.807) is 24.7 Å². The van der Waals surface area contributed by atoms with Crippen molar-refractivity contribution in [3.63, 3.8) is 0 Å². The molecular weight excluding hydrogens is 458 g/mol. The number of ether oxygens (including phenoxy) is 2. The van der Waals surface area contributed by atoms with E-state index in [1.165, 1.54) is 17.5 Å². The number of aromatic nitrogens is 4. The number of thiazole rings is 1. The number of aryl methyl sites for hydroxylation is 1. The second kappa shape index (κ2) is 9.48. The van der Waals surface area contributed by atoms with Gasteiger partial charge >= 0.3 is 6.61 Å². The first-order valence-corrected chi connectivity index (χ1v) is 11.2. The van der Waals surface area contributed by atoms with Gasteiger partial charge < -0.3 is 9.47 Å². The van der Waals surface area contributed by atoms with Gasteiger partial charge in [0.2, 0.25) is 5.88 Å². The fraction of sp³-hybridized carbons (Fsp3) is 0.120. The van der Waals surface area contributed by atoms with E-state index in [9.17, 15) is 8.78 Å². The van der Waals surface area contributed by atoms with Crippen molar-refractivity contribution in [3.8, 4) is 32.6 Å². The molecule has 0 spiro atoms. The molecule has 6 nitrogen and oxygen atoms in total. The molecule has 2 aromatic carbocycles. The summed E-state index contributed by atoms with van der Waals surface area (Å²) in [6.07, 6.45) is 6.40. The minimum atomic E-state index is -2.96. The Morgan fingerprint density at radius 3 is 2.65 bits per heavy atom. The van der Waals surface area contributed by atoms with Crippen LogP contribution in [0.1, 0.15) is 11.1 Å². The number of nitrogens with zero attached hydrogens (tertiary/aromatic N) is 4. The van der Waals surface area contributed by atoms with Crippen LogP contribution in [0.4, 0.5) is 8.78 Å². The highest BCUT2D eigenvalue weighted by atomic mass is 32.1. The Hall–Kier alpha value is -3.98. The molecule has 0 amide bonds. The summed E-state index contributed by atoms with van der Waals surface area (Å²) in [6, 6.07) is 15.6. The zero-order valence-electron chi connectivity index (χ0n) is 18.0. The first-order valence-electron chi connectivity index (χ1n) is 10.4. The topological polar surface area (TPSA) is 70.0 Å². The van der Waals surface area contributed by atoms with Gasteiger partial charge in [-0.05, 0) is 36.2 Å². The Kier molecular flexibility index (Phi) is 6.09. The summed E-state index contributed by atoms with van der Waals surface area (Å²) in [5.41, 5.74) is 4.65. The lowest BCUT2D eigenvalue weighted by Crippen LogP contribution is -2.04. The van der Waals surface area contributed by atoms with Gasteiger partial charge in [0.15, 0.2) is 0 Å². The predicted molar refractivity (Wildman–Crippen MR) is 126 cm³/mol. The molecule has 0 radical (unpaired) electrons. The Bertz CT molecular complexity index is 1440. The molecule has 0 aliphatic heterocycles. The largest absolute Gasteiger partial charge is 0.487 e. The Balaban J connectivity index is 1.43. The first kappa shape index (κ1) is 21.8. The van der Waals surface area contributed by atoms with Crippen LogP contribution in [0, 0.1) is 6.92 Å². The number of benzene rings is 2. The molecule has 0 atom stereocenters. The zero-order valence-corrected chi connectivity index (χ0v) is 18.8. The Morgan fingerprint density at radius 1 is 0.971 bits per heavy atom. The van der Waals surface area contributed by atoms with Crippen molar-refractivity contribution in [2.75, 3.05) is 0 Å². The zero-order chi connectivity index (χ0) is 23.5. The van der Waals surface area contributed by atoms with Crippen LogP contribution in [-0.4, -0.2) is 26.5 Å². The summed E-state index contributed by atoms with van der Waals surface area (Å²) in [5.74, 6) is 0.437. The van der Waals surface area contributed by atoms with E-state index in [2.05, 4.69) is 24.7 Å². The first-order chi connectivity index (χ1) is 16.5. The molecule has 170 valence electrons. The molecule has 3 aromatic heterocycles. The van der Waals surface area contributed by atoms with Gasteiger partial charge in [-0.3, -0.25) is 4.98 Å². The summed E-state index contributed by atoms with van der Waals surface area (Å²) in [6.45, 7) is -0.610. The summed E-state index contributed by atoms with van der Waals surface area (Å²) in [5, 5.41) is 0.733. The number of rotatable bonds is 7. The number of pyridine rings is 1. The number of hydrogen-bond donors (Lipinski definition) is 0. The molecule has 3 heterocycles. The Labute approximate surface area is 197 Å². The quantitative estimate of drug-likeness (QED) is 0.274. The summed E-state index contributed by atoms with van der Waals surface area (Å²) >= 11 is 1.47. The van der Waals surface area contributed by atoms with E-state index >= 15 is 0 Å². The maximum Gasteiger partial charge on any atom is 0.388 e. The van der Waals surface area contributed by atoms with Crippen LogP contribution >= 0.6 is 11.3 Å². The predicted octanol–water partition coefficient (Wildman–Crippen LogP) is 6.30. The van der Waals surface area contributed by atoms with Crippen LogP contribution in [0.15, 0.2) is 73.3 Å². The van der Waals surface area contributed by atoms with Crippen molar-refractivity contribution in [2.45, 2.75) is 20.1 Å². The van der Waals surface area contributed by atoms with E-state index in [-0.39, 0.29) is 5.88 Å². The van der Waals surface area contributed by atoms with Gasteiger partial charge in [0.25, 0.3) is 0 Å². The van der Waals surface area contributed by atoms with Crippen LogP contribution in [-0.2, 0) is 6.61 Å². The highest BCUT2D eigenvalue weighted by Crippen LogP contribution is 2.36. The number of hydrogen-bond acceptors (Lipinski definition) is 7. The van der Waals surface area contributed by atoms with Gasteiger partial charge in [-0.2, -0.15) is 8.78 Å². The SMILES string of the molecule is Cc1cc(-c2ncc(-c3cncc(OCc4ccccc4)c3)s2)c2ncc(OC(F)F)nc2c1. The monoisotopic (exact) mass is 476 g/mol. The van der Waals surface area contributed by atoms with E-state index in [4.69, 9.17) is 4.74 Å².